The molecule has 1 heterocycles. The first kappa shape index (κ1) is 17.7. The van der Waals surface area contributed by atoms with Crippen LogP contribution in [0.3, 0.4) is 0 Å². The van der Waals surface area contributed by atoms with Crippen LogP contribution in [0.1, 0.15) is 16.0 Å². The molecule has 0 radical (unpaired) electrons. The van der Waals surface area contributed by atoms with Crippen molar-refractivity contribution in [1.29, 1.82) is 10.5 Å². The van der Waals surface area contributed by atoms with E-state index in [1.165, 1.54) is 35.6 Å². The molecule has 3 aromatic rings. The predicted molar refractivity (Wildman–Crippen MR) is 101 cm³/mol. The number of aryl methyl sites for hydroxylation is 1. The van der Waals surface area contributed by atoms with Crippen molar-refractivity contribution in [2.24, 2.45) is 0 Å². The lowest BCUT2D eigenvalue weighted by Gasteiger charge is -2.12. The van der Waals surface area contributed by atoms with Gasteiger partial charge in [0, 0.05) is 4.88 Å². The maximum Gasteiger partial charge on any atom is 0.261 e. The van der Waals surface area contributed by atoms with E-state index in [4.69, 9.17) is 10.5 Å². The number of nitrogens with zero attached hydrogens (tertiary/aromatic N) is 2. The molecule has 1 aromatic heterocycles. The minimum absolute atomic E-state index is 0.0872. The molecule has 3 rings (SSSR count). The normalized spacial score (nSPS) is 10.7. The van der Waals surface area contributed by atoms with Crippen molar-refractivity contribution < 1.29 is 8.42 Å². The van der Waals surface area contributed by atoms with Gasteiger partial charge < -0.3 is 0 Å². The van der Waals surface area contributed by atoms with Gasteiger partial charge in [-0.1, -0.05) is 12.1 Å². The van der Waals surface area contributed by atoms with Crippen LogP contribution in [-0.2, 0) is 10.0 Å². The summed E-state index contributed by atoms with van der Waals surface area (Å²) in [6, 6.07) is 18.8. The third-order valence-corrected chi connectivity index (χ3v) is 6.20. The van der Waals surface area contributed by atoms with Gasteiger partial charge in [-0.05, 0) is 60.5 Å². The van der Waals surface area contributed by atoms with Crippen molar-refractivity contribution in [1.82, 2.24) is 0 Å². The van der Waals surface area contributed by atoms with E-state index in [1.807, 2.05) is 31.2 Å². The summed E-state index contributed by atoms with van der Waals surface area (Å²) in [6.07, 6.45) is 0. The highest BCUT2D eigenvalue weighted by atomic mass is 32.2. The molecule has 0 bridgehead atoms. The number of thiophene rings is 1. The molecule has 7 heteroatoms. The van der Waals surface area contributed by atoms with E-state index in [2.05, 4.69) is 10.8 Å². The number of sulfonamides is 1. The van der Waals surface area contributed by atoms with Gasteiger partial charge in [0.25, 0.3) is 10.0 Å². The van der Waals surface area contributed by atoms with Gasteiger partial charge in [-0.2, -0.15) is 10.5 Å². The first-order chi connectivity index (χ1) is 12.4. The van der Waals surface area contributed by atoms with Crippen LogP contribution in [0.15, 0.2) is 59.5 Å². The van der Waals surface area contributed by atoms with Crippen LogP contribution in [0, 0.1) is 29.6 Å². The number of nitrogens with one attached hydrogen (secondary N) is 1. The molecule has 0 amide bonds. The number of anilines is 1. The second-order valence-electron chi connectivity index (χ2n) is 5.55. The maximum absolute atomic E-state index is 12.6. The molecule has 0 aliphatic rings. The van der Waals surface area contributed by atoms with Gasteiger partial charge in [-0.3, -0.25) is 4.72 Å². The molecule has 5 nitrogen and oxygen atoms in total. The molecule has 1 N–H and O–H groups in total. The Morgan fingerprint density at radius 2 is 1.69 bits per heavy atom. The van der Waals surface area contributed by atoms with Gasteiger partial charge in [0.1, 0.15) is 10.9 Å². The van der Waals surface area contributed by atoms with E-state index in [-0.39, 0.29) is 4.90 Å². The molecule has 0 saturated heterocycles. The number of benzene rings is 2. The van der Waals surface area contributed by atoms with E-state index < -0.39 is 10.0 Å². The van der Waals surface area contributed by atoms with Gasteiger partial charge in [0.15, 0.2) is 0 Å². The summed E-state index contributed by atoms with van der Waals surface area (Å²) in [5.41, 5.74) is 2.48. The molecule has 0 spiro atoms. The van der Waals surface area contributed by atoms with Gasteiger partial charge in [-0.25, -0.2) is 8.42 Å². The molecule has 2 aromatic carbocycles. The van der Waals surface area contributed by atoms with E-state index in [1.54, 1.807) is 12.1 Å². The first-order valence-electron chi connectivity index (χ1n) is 7.57. The van der Waals surface area contributed by atoms with E-state index >= 15 is 0 Å². The van der Waals surface area contributed by atoms with Crippen LogP contribution in [0.4, 0.5) is 5.69 Å². The third-order valence-electron chi connectivity index (χ3n) is 3.78. The van der Waals surface area contributed by atoms with Crippen LogP contribution < -0.4 is 4.72 Å². The van der Waals surface area contributed by atoms with Gasteiger partial charge in [0.05, 0.1) is 22.2 Å². The van der Waals surface area contributed by atoms with Crippen molar-refractivity contribution >= 4 is 27.0 Å². The predicted octanol–water partition coefficient (Wildman–Crippen LogP) is 4.27. The van der Waals surface area contributed by atoms with Gasteiger partial charge in [-0.15, -0.1) is 11.3 Å². The van der Waals surface area contributed by atoms with Crippen LogP contribution in [0.2, 0.25) is 0 Å². The van der Waals surface area contributed by atoms with Crippen molar-refractivity contribution in [3.05, 3.63) is 70.6 Å². The van der Waals surface area contributed by atoms with Crippen LogP contribution in [-0.4, -0.2) is 8.42 Å². The Labute approximate surface area is 155 Å². The maximum atomic E-state index is 12.6. The number of rotatable bonds is 4. The summed E-state index contributed by atoms with van der Waals surface area (Å²) < 4.78 is 27.8. The fourth-order valence-corrected chi connectivity index (χ4v) is 4.27. The van der Waals surface area contributed by atoms with Crippen molar-refractivity contribution in [2.75, 3.05) is 4.72 Å². The molecule has 0 aliphatic heterocycles. The highest BCUT2D eigenvalue weighted by molar-refractivity contribution is 7.92. The lowest BCUT2D eigenvalue weighted by molar-refractivity contribution is 0.601. The van der Waals surface area contributed by atoms with Gasteiger partial charge in [0.2, 0.25) is 0 Å². The lowest BCUT2D eigenvalue weighted by Crippen LogP contribution is -2.13. The molecule has 0 aliphatic carbocycles. The Bertz CT molecular complexity index is 1150. The monoisotopic (exact) mass is 379 g/mol. The minimum Gasteiger partial charge on any atom is -0.279 e. The molecule has 0 fully saturated rings. The molecule has 128 valence electrons. The van der Waals surface area contributed by atoms with E-state index in [0.29, 0.717) is 16.1 Å². The number of hydrogen-bond donors (Lipinski definition) is 1. The minimum atomic E-state index is -3.77. The van der Waals surface area contributed by atoms with Crippen molar-refractivity contribution in [2.45, 2.75) is 11.8 Å². The van der Waals surface area contributed by atoms with Crippen molar-refractivity contribution in [3.8, 4) is 22.6 Å². The topological polar surface area (TPSA) is 93.8 Å². The fraction of sp³-hybridized carbons (Fsp3) is 0.0526. The molecular weight excluding hydrogens is 366 g/mol. The van der Waals surface area contributed by atoms with E-state index in [9.17, 15) is 8.42 Å². The smallest absolute Gasteiger partial charge is 0.261 e. The Morgan fingerprint density at radius 1 is 0.962 bits per heavy atom. The highest BCUT2D eigenvalue weighted by Gasteiger charge is 2.16. The van der Waals surface area contributed by atoms with Crippen LogP contribution >= 0.6 is 11.3 Å². The number of nitriles is 2. The quantitative estimate of drug-likeness (QED) is 0.732. The van der Waals surface area contributed by atoms with Crippen LogP contribution in [0.25, 0.3) is 10.4 Å². The summed E-state index contributed by atoms with van der Waals surface area (Å²) >= 11 is 1.35. The molecule has 26 heavy (non-hydrogen) atoms. The first-order valence-corrected chi connectivity index (χ1v) is 9.87. The highest BCUT2D eigenvalue weighted by Crippen LogP contribution is 2.31. The molecule has 0 unspecified atom stereocenters. The Hall–Kier alpha value is -3.13. The average Bonchev–Trinajstić information content (AvgIpc) is 3.12. The number of hydrogen-bond acceptors (Lipinski definition) is 5. The Morgan fingerprint density at radius 3 is 2.31 bits per heavy atom. The largest absolute Gasteiger partial charge is 0.279 e. The standard InChI is InChI=1S/C19H13N3O2S2/c1-13-2-5-15(19-9-6-16(12-21)25-19)10-18(13)22-26(23,24)17-7-3-14(11-20)4-8-17/h2-10,22H,1H3. The third kappa shape index (κ3) is 3.60. The zero-order chi connectivity index (χ0) is 18.7. The zero-order valence-corrected chi connectivity index (χ0v) is 15.4. The fourth-order valence-electron chi connectivity index (χ4n) is 2.35. The summed E-state index contributed by atoms with van der Waals surface area (Å²) in [5, 5.41) is 17.8. The Balaban J connectivity index is 1.94. The second-order valence-corrected chi connectivity index (χ2v) is 8.31. The van der Waals surface area contributed by atoms with Crippen molar-refractivity contribution in [3.63, 3.8) is 0 Å². The van der Waals surface area contributed by atoms with E-state index in [0.717, 1.165) is 16.0 Å². The summed E-state index contributed by atoms with van der Waals surface area (Å²) in [5.74, 6) is 0. The second kappa shape index (κ2) is 7.01. The average molecular weight is 379 g/mol. The zero-order valence-electron chi connectivity index (χ0n) is 13.7. The molecular formula is C19H13N3O2S2. The lowest BCUT2D eigenvalue weighted by atomic mass is 10.1. The summed E-state index contributed by atoms with van der Waals surface area (Å²) in [6.45, 7) is 1.82. The SMILES string of the molecule is Cc1ccc(-c2ccc(C#N)s2)cc1NS(=O)(=O)c1ccc(C#N)cc1. The van der Waals surface area contributed by atoms with Gasteiger partial charge >= 0.3 is 0 Å². The van der Waals surface area contributed by atoms with Crippen LogP contribution in [0.5, 0.6) is 0 Å². The molecule has 0 saturated carbocycles. The molecule has 0 atom stereocenters. The summed E-state index contributed by atoms with van der Waals surface area (Å²) in [7, 11) is -3.77. The Kier molecular flexibility index (Phi) is 4.77. The summed E-state index contributed by atoms with van der Waals surface area (Å²) in [4.78, 5) is 1.57.